The summed E-state index contributed by atoms with van der Waals surface area (Å²) in [6.07, 6.45) is 0.728. The highest BCUT2D eigenvalue weighted by Crippen LogP contribution is 2.20. The SMILES string of the molecule is CN(Cc1ccccc1)CC(O)COc1ccc(-c2nnco2)cc1. The van der Waals surface area contributed by atoms with Crippen LogP contribution in [0.15, 0.2) is 65.4 Å². The predicted molar refractivity (Wildman–Crippen MR) is 94.0 cm³/mol. The third-order valence-electron chi connectivity index (χ3n) is 3.72. The van der Waals surface area contributed by atoms with Crippen molar-refractivity contribution in [2.24, 2.45) is 0 Å². The van der Waals surface area contributed by atoms with E-state index in [-0.39, 0.29) is 6.61 Å². The number of nitrogens with zero attached hydrogens (tertiary/aromatic N) is 3. The normalized spacial score (nSPS) is 12.3. The fraction of sp³-hybridized carbons (Fsp3) is 0.263. The maximum absolute atomic E-state index is 10.2. The lowest BCUT2D eigenvalue weighted by Gasteiger charge is -2.21. The number of aliphatic hydroxyl groups excluding tert-OH is 1. The van der Waals surface area contributed by atoms with Gasteiger partial charge in [0.05, 0.1) is 0 Å². The van der Waals surface area contributed by atoms with Crippen LogP contribution >= 0.6 is 0 Å². The van der Waals surface area contributed by atoms with Crippen LogP contribution in [0.2, 0.25) is 0 Å². The number of likely N-dealkylation sites (N-methyl/N-ethyl adjacent to an activating group) is 1. The van der Waals surface area contributed by atoms with Gasteiger partial charge in [0, 0.05) is 18.7 Å². The van der Waals surface area contributed by atoms with Crippen molar-refractivity contribution in [1.82, 2.24) is 15.1 Å². The smallest absolute Gasteiger partial charge is 0.247 e. The fourth-order valence-corrected chi connectivity index (χ4v) is 2.56. The third-order valence-corrected chi connectivity index (χ3v) is 3.72. The molecule has 1 N–H and O–H groups in total. The van der Waals surface area contributed by atoms with Crippen LogP contribution in [0.4, 0.5) is 0 Å². The highest BCUT2D eigenvalue weighted by Gasteiger charge is 2.10. The average molecular weight is 339 g/mol. The van der Waals surface area contributed by atoms with E-state index in [9.17, 15) is 5.11 Å². The highest BCUT2D eigenvalue weighted by molar-refractivity contribution is 5.53. The first kappa shape index (κ1) is 17.1. The van der Waals surface area contributed by atoms with Crippen molar-refractivity contribution < 1.29 is 14.3 Å². The van der Waals surface area contributed by atoms with Gasteiger partial charge in [-0.25, -0.2) is 0 Å². The minimum Gasteiger partial charge on any atom is -0.491 e. The van der Waals surface area contributed by atoms with E-state index in [4.69, 9.17) is 9.15 Å². The number of hydrogen-bond donors (Lipinski definition) is 1. The molecule has 0 amide bonds. The van der Waals surface area contributed by atoms with Gasteiger partial charge in [-0.05, 0) is 36.9 Å². The summed E-state index contributed by atoms with van der Waals surface area (Å²) in [5.74, 6) is 1.15. The van der Waals surface area contributed by atoms with Crippen LogP contribution in [0.1, 0.15) is 5.56 Å². The van der Waals surface area contributed by atoms with Gasteiger partial charge in [0.15, 0.2) is 0 Å². The maximum atomic E-state index is 10.2. The van der Waals surface area contributed by atoms with E-state index < -0.39 is 6.10 Å². The van der Waals surface area contributed by atoms with Gasteiger partial charge in [-0.2, -0.15) is 0 Å². The number of aliphatic hydroxyl groups is 1. The summed E-state index contributed by atoms with van der Waals surface area (Å²) in [7, 11) is 1.98. The molecule has 0 saturated carbocycles. The Labute approximate surface area is 146 Å². The Morgan fingerprint density at radius 3 is 2.56 bits per heavy atom. The van der Waals surface area contributed by atoms with Crippen molar-refractivity contribution in [2.75, 3.05) is 20.2 Å². The summed E-state index contributed by atoms with van der Waals surface area (Å²) in [6.45, 7) is 1.56. The molecule has 3 rings (SSSR count). The maximum Gasteiger partial charge on any atom is 0.247 e. The zero-order chi connectivity index (χ0) is 17.5. The van der Waals surface area contributed by atoms with Crippen molar-refractivity contribution in [3.05, 3.63) is 66.6 Å². The number of ether oxygens (including phenoxy) is 1. The molecule has 1 unspecified atom stereocenters. The zero-order valence-corrected chi connectivity index (χ0v) is 14.1. The topological polar surface area (TPSA) is 71.6 Å². The molecule has 2 aromatic carbocycles. The third kappa shape index (κ3) is 5.14. The Morgan fingerprint density at radius 1 is 1.12 bits per heavy atom. The largest absolute Gasteiger partial charge is 0.491 e. The van der Waals surface area contributed by atoms with Crippen LogP contribution in [0.3, 0.4) is 0 Å². The molecule has 6 nitrogen and oxygen atoms in total. The van der Waals surface area contributed by atoms with E-state index in [1.165, 1.54) is 12.0 Å². The molecule has 0 spiro atoms. The molecule has 3 aromatic rings. The van der Waals surface area contributed by atoms with Gasteiger partial charge < -0.3 is 14.3 Å². The summed E-state index contributed by atoms with van der Waals surface area (Å²) in [6, 6.07) is 17.5. The Kier molecular flexibility index (Phi) is 5.77. The molecular weight excluding hydrogens is 318 g/mol. The molecule has 25 heavy (non-hydrogen) atoms. The van der Waals surface area contributed by atoms with E-state index in [0.717, 1.165) is 12.1 Å². The van der Waals surface area contributed by atoms with Crippen molar-refractivity contribution in [3.63, 3.8) is 0 Å². The molecule has 0 aliphatic rings. The molecular formula is C19H21N3O3. The Bertz CT molecular complexity index is 745. The van der Waals surface area contributed by atoms with Gasteiger partial charge in [-0.1, -0.05) is 30.3 Å². The van der Waals surface area contributed by atoms with Crippen molar-refractivity contribution in [2.45, 2.75) is 12.6 Å². The number of benzene rings is 2. The standard InChI is InChI=1S/C19H21N3O3/c1-22(11-15-5-3-2-4-6-15)12-17(23)13-24-18-9-7-16(8-10-18)19-21-20-14-25-19/h2-10,14,17,23H,11-13H2,1H3. The number of aromatic nitrogens is 2. The van der Waals surface area contributed by atoms with Crippen LogP contribution in [0.5, 0.6) is 5.75 Å². The first-order chi connectivity index (χ1) is 12.2. The average Bonchev–Trinajstić information content (AvgIpc) is 3.16. The molecule has 0 fully saturated rings. The van der Waals surface area contributed by atoms with E-state index in [1.54, 1.807) is 0 Å². The minimum atomic E-state index is -0.565. The van der Waals surface area contributed by atoms with Crippen LogP contribution < -0.4 is 4.74 Å². The van der Waals surface area contributed by atoms with Crippen molar-refractivity contribution in [1.29, 1.82) is 0 Å². The molecule has 0 aliphatic heterocycles. The second-order valence-corrected chi connectivity index (χ2v) is 5.92. The predicted octanol–water partition coefficient (Wildman–Crippen LogP) is 2.61. The van der Waals surface area contributed by atoms with Gasteiger partial charge in [-0.3, -0.25) is 4.90 Å². The van der Waals surface area contributed by atoms with E-state index in [0.29, 0.717) is 18.2 Å². The Balaban J connectivity index is 1.44. The number of hydrogen-bond acceptors (Lipinski definition) is 6. The van der Waals surface area contributed by atoms with Gasteiger partial charge in [0.1, 0.15) is 18.5 Å². The quantitative estimate of drug-likeness (QED) is 0.680. The lowest BCUT2D eigenvalue weighted by atomic mass is 10.2. The highest BCUT2D eigenvalue weighted by atomic mass is 16.5. The molecule has 0 saturated heterocycles. The Morgan fingerprint density at radius 2 is 1.88 bits per heavy atom. The van der Waals surface area contributed by atoms with Crippen LogP contribution in [-0.4, -0.2) is 46.5 Å². The van der Waals surface area contributed by atoms with Crippen LogP contribution in [0, 0.1) is 0 Å². The molecule has 130 valence electrons. The summed E-state index contributed by atoms with van der Waals surface area (Å²) >= 11 is 0. The first-order valence-corrected chi connectivity index (χ1v) is 8.10. The van der Waals surface area contributed by atoms with E-state index in [1.807, 2.05) is 49.5 Å². The van der Waals surface area contributed by atoms with Gasteiger partial charge in [0.25, 0.3) is 0 Å². The monoisotopic (exact) mass is 339 g/mol. The second kappa shape index (κ2) is 8.41. The van der Waals surface area contributed by atoms with E-state index >= 15 is 0 Å². The van der Waals surface area contributed by atoms with Gasteiger partial charge in [0.2, 0.25) is 12.3 Å². The molecule has 1 aromatic heterocycles. The van der Waals surface area contributed by atoms with Gasteiger partial charge in [-0.15, -0.1) is 10.2 Å². The first-order valence-electron chi connectivity index (χ1n) is 8.10. The molecule has 6 heteroatoms. The van der Waals surface area contributed by atoms with Crippen molar-refractivity contribution >= 4 is 0 Å². The van der Waals surface area contributed by atoms with E-state index in [2.05, 4.69) is 27.2 Å². The molecule has 1 heterocycles. The van der Waals surface area contributed by atoms with Gasteiger partial charge >= 0.3 is 0 Å². The minimum absolute atomic E-state index is 0.235. The summed E-state index contributed by atoms with van der Waals surface area (Å²) in [4.78, 5) is 2.07. The van der Waals surface area contributed by atoms with Crippen LogP contribution in [-0.2, 0) is 6.54 Å². The molecule has 0 radical (unpaired) electrons. The molecule has 1 atom stereocenters. The van der Waals surface area contributed by atoms with Crippen molar-refractivity contribution in [3.8, 4) is 17.2 Å². The molecule has 0 aliphatic carbocycles. The Hall–Kier alpha value is -2.70. The summed E-state index contributed by atoms with van der Waals surface area (Å²) < 4.78 is 10.8. The second-order valence-electron chi connectivity index (χ2n) is 5.92. The summed E-state index contributed by atoms with van der Waals surface area (Å²) in [5, 5.41) is 17.7. The lowest BCUT2D eigenvalue weighted by molar-refractivity contribution is 0.0744. The molecule has 0 bridgehead atoms. The fourth-order valence-electron chi connectivity index (χ4n) is 2.56. The summed E-state index contributed by atoms with van der Waals surface area (Å²) in [5.41, 5.74) is 2.04. The number of rotatable bonds is 8. The zero-order valence-electron chi connectivity index (χ0n) is 14.1. The van der Waals surface area contributed by atoms with Crippen LogP contribution in [0.25, 0.3) is 11.5 Å². The lowest BCUT2D eigenvalue weighted by Crippen LogP contribution is -2.32.